The van der Waals surface area contributed by atoms with E-state index in [0.29, 0.717) is 12.5 Å². The molecule has 2 unspecified atom stereocenters. The first-order chi connectivity index (χ1) is 7.13. The second-order valence-electron chi connectivity index (χ2n) is 4.59. The average Bonchev–Trinajstić information content (AvgIpc) is 2.89. The number of hydrogen-bond acceptors (Lipinski definition) is 3. The molecule has 1 saturated carbocycles. The van der Waals surface area contributed by atoms with Gasteiger partial charge in [-0.05, 0) is 44.7 Å². The second-order valence-corrected chi connectivity index (χ2v) is 4.59. The number of aromatic nitrogens is 2. The largest absolute Gasteiger partial charge is 0.330 e. The molecule has 1 aliphatic carbocycles. The Morgan fingerprint density at radius 3 is 2.20 bits per heavy atom. The summed E-state index contributed by atoms with van der Waals surface area (Å²) in [5, 5.41) is 0. The molecule has 1 fully saturated rings. The Balaban J connectivity index is 2.30. The maximum absolute atomic E-state index is 5.58. The van der Waals surface area contributed by atoms with Crippen LogP contribution in [-0.2, 0) is 6.42 Å². The van der Waals surface area contributed by atoms with E-state index < -0.39 is 0 Å². The topological polar surface area (TPSA) is 51.8 Å². The molecule has 3 heteroatoms. The van der Waals surface area contributed by atoms with Gasteiger partial charge in [0.25, 0.3) is 0 Å². The van der Waals surface area contributed by atoms with Crippen LogP contribution < -0.4 is 5.73 Å². The van der Waals surface area contributed by atoms with E-state index in [9.17, 15) is 0 Å². The van der Waals surface area contributed by atoms with Crippen LogP contribution in [0, 0.1) is 19.8 Å². The summed E-state index contributed by atoms with van der Waals surface area (Å²) >= 11 is 0. The van der Waals surface area contributed by atoms with Crippen molar-refractivity contribution >= 4 is 0 Å². The number of hydrogen-bond donors (Lipinski definition) is 1. The molecule has 82 valence electrons. The molecule has 1 heterocycles. The minimum Gasteiger partial charge on any atom is -0.330 e. The van der Waals surface area contributed by atoms with Crippen LogP contribution in [0.2, 0.25) is 0 Å². The molecule has 0 saturated heterocycles. The molecule has 3 nitrogen and oxygen atoms in total. The minimum atomic E-state index is 0.606. The van der Waals surface area contributed by atoms with Crippen molar-refractivity contribution < 1.29 is 0 Å². The van der Waals surface area contributed by atoms with Gasteiger partial charge in [0.15, 0.2) is 0 Å². The number of aryl methyl sites for hydroxylation is 2. The van der Waals surface area contributed by atoms with Crippen LogP contribution in [0.25, 0.3) is 0 Å². The van der Waals surface area contributed by atoms with Crippen molar-refractivity contribution in [2.45, 2.75) is 39.5 Å². The van der Waals surface area contributed by atoms with Crippen molar-refractivity contribution in [3.8, 4) is 0 Å². The van der Waals surface area contributed by atoms with Crippen LogP contribution in [0.15, 0.2) is 0 Å². The lowest BCUT2D eigenvalue weighted by molar-refractivity contribution is 0.798. The minimum absolute atomic E-state index is 0.606. The maximum atomic E-state index is 5.58. The predicted molar refractivity (Wildman–Crippen MR) is 60.8 cm³/mol. The molecule has 1 aromatic heterocycles. The van der Waals surface area contributed by atoms with Crippen LogP contribution in [0.3, 0.4) is 0 Å². The Labute approximate surface area is 91.1 Å². The molecule has 15 heavy (non-hydrogen) atoms. The average molecular weight is 205 g/mol. The van der Waals surface area contributed by atoms with Gasteiger partial charge in [-0.1, -0.05) is 6.92 Å². The number of nitrogens with two attached hydrogens (primary N) is 1. The van der Waals surface area contributed by atoms with Crippen LogP contribution in [0.4, 0.5) is 0 Å². The highest BCUT2D eigenvalue weighted by atomic mass is 14.9. The van der Waals surface area contributed by atoms with Gasteiger partial charge in [0.1, 0.15) is 5.82 Å². The lowest BCUT2D eigenvalue weighted by Crippen LogP contribution is -2.10. The van der Waals surface area contributed by atoms with E-state index in [1.54, 1.807) is 0 Å². The summed E-state index contributed by atoms with van der Waals surface area (Å²) in [6.45, 7) is 7.06. The van der Waals surface area contributed by atoms with Gasteiger partial charge in [0, 0.05) is 17.3 Å². The van der Waals surface area contributed by atoms with Crippen molar-refractivity contribution in [2.75, 3.05) is 6.54 Å². The predicted octanol–water partition coefficient (Wildman–Crippen LogP) is 1.72. The van der Waals surface area contributed by atoms with Crippen molar-refractivity contribution in [1.82, 2.24) is 9.97 Å². The van der Waals surface area contributed by atoms with Crippen LogP contribution in [-0.4, -0.2) is 16.5 Å². The summed E-state index contributed by atoms with van der Waals surface area (Å²) in [6.07, 6.45) is 2.13. The van der Waals surface area contributed by atoms with Gasteiger partial charge < -0.3 is 5.73 Å². The van der Waals surface area contributed by atoms with Crippen LogP contribution in [0.1, 0.15) is 42.0 Å². The zero-order chi connectivity index (χ0) is 11.0. The van der Waals surface area contributed by atoms with Gasteiger partial charge in [-0.15, -0.1) is 0 Å². The highest BCUT2D eigenvalue weighted by molar-refractivity contribution is 5.26. The summed E-state index contributed by atoms with van der Waals surface area (Å²) in [5.74, 6) is 2.41. The Morgan fingerprint density at radius 1 is 1.27 bits per heavy atom. The van der Waals surface area contributed by atoms with Crippen LogP contribution >= 0.6 is 0 Å². The molecule has 2 atom stereocenters. The highest BCUT2D eigenvalue weighted by Gasteiger charge is 2.36. The maximum Gasteiger partial charge on any atom is 0.132 e. The molecule has 0 aromatic carbocycles. The third kappa shape index (κ3) is 2.02. The summed E-state index contributed by atoms with van der Waals surface area (Å²) in [6, 6.07) is 0. The Kier molecular flexibility index (Phi) is 2.74. The van der Waals surface area contributed by atoms with E-state index in [0.717, 1.165) is 29.6 Å². The molecule has 1 aliphatic rings. The molecular weight excluding hydrogens is 186 g/mol. The van der Waals surface area contributed by atoms with E-state index in [1.165, 1.54) is 12.0 Å². The zero-order valence-electron chi connectivity index (χ0n) is 9.75. The standard InChI is InChI=1S/C12H19N3/c1-7-6-11(7)12-14-8(2)10(4-5-13)9(3)15-12/h7,11H,4-6,13H2,1-3H3. The van der Waals surface area contributed by atoms with E-state index in [2.05, 4.69) is 30.7 Å². The fraction of sp³-hybridized carbons (Fsp3) is 0.667. The van der Waals surface area contributed by atoms with Gasteiger partial charge in [-0.3, -0.25) is 0 Å². The SMILES string of the molecule is Cc1nc(C2CC2C)nc(C)c1CCN. The normalized spacial score (nSPS) is 24.3. The Hall–Kier alpha value is -0.960. The summed E-state index contributed by atoms with van der Waals surface area (Å²) in [4.78, 5) is 9.20. The van der Waals surface area contributed by atoms with E-state index in [1.807, 2.05) is 0 Å². The number of rotatable bonds is 3. The molecule has 2 N–H and O–H groups in total. The van der Waals surface area contributed by atoms with Crippen molar-refractivity contribution in [1.29, 1.82) is 0 Å². The van der Waals surface area contributed by atoms with Crippen molar-refractivity contribution in [2.24, 2.45) is 11.7 Å². The third-order valence-corrected chi connectivity index (χ3v) is 3.27. The third-order valence-electron chi connectivity index (χ3n) is 3.27. The molecule has 0 radical (unpaired) electrons. The van der Waals surface area contributed by atoms with Crippen molar-refractivity contribution in [3.05, 3.63) is 22.8 Å². The Morgan fingerprint density at radius 2 is 1.80 bits per heavy atom. The summed E-state index contributed by atoms with van der Waals surface area (Å²) < 4.78 is 0. The monoisotopic (exact) mass is 205 g/mol. The summed E-state index contributed by atoms with van der Waals surface area (Å²) in [7, 11) is 0. The first-order valence-corrected chi connectivity index (χ1v) is 5.67. The first-order valence-electron chi connectivity index (χ1n) is 5.67. The lowest BCUT2D eigenvalue weighted by atomic mass is 10.1. The molecular formula is C12H19N3. The van der Waals surface area contributed by atoms with Crippen LogP contribution in [0.5, 0.6) is 0 Å². The second kappa shape index (κ2) is 3.89. The molecule has 2 rings (SSSR count). The van der Waals surface area contributed by atoms with Gasteiger partial charge >= 0.3 is 0 Å². The molecule has 0 aliphatic heterocycles. The van der Waals surface area contributed by atoms with Gasteiger partial charge in [0.2, 0.25) is 0 Å². The van der Waals surface area contributed by atoms with Gasteiger partial charge in [-0.25, -0.2) is 9.97 Å². The Bertz CT molecular complexity index is 350. The molecule has 0 amide bonds. The van der Waals surface area contributed by atoms with E-state index in [-0.39, 0.29) is 0 Å². The number of nitrogens with zero attached hydrogens (tertiary/aromatic N) is 2. The van der Waals surface area contributed by atoms with Gasteiger partial charge in [0.05, 0.1) is 0 Å². The molecule has 0 spiro atoms. The van der Waals surface area contributed by atoms with Crippen molar-refractivity contribution in [3.63, 3.8) is 0 Å². The summed E-state index contributed by atoms with van der Waals surface area (Å²) in [5.41, 5.74) is 9.03. The molecule has 0 bridgehead atoms. The zero-order valence-corrected chi connectivity index (χ0v) is 9.75. The smallest absolute Gasteiger partial charge is 0.132 e. The van der Waals surface area contributed by atoms with E-state index >= 15 is 0 Å². The fourth-order valence-corrected chi connectivity index (χ4v) is 2.12. The quantitative estimate of drug-likeness (QED) is 0.817. The fourth-order valence-electron chi connectivity index (χ4n) is 2.12. The first kappa shape index (κ1) is 10.6. The van der Waals surface area contributed by atoms with E-state index in [4.69, 9.17) is 5.73 Å². The highest BCUT2D eigenvalue weighted by Crippen LogP contribution is 2.45. The lowest BCUT2D eigenvalue weighted by Gasteiger charge is -2.09. The van der Waals surface area contributed by atoms with Gasteiger partial charge in [-0.2, -0.15) is 0 Å². The molecule has 1 aromatic rings.